The average Bonchev–Trinajstić information content (AvgIpc) is 3.56. The van der Waals surface area contributed by atoms with Crippen molar-refractivity contribution in [3.05, 3.63) is 18.2 Å². The summed E-state index contributed by atoms with van der Waals surface area (Å²) in [6, 6.07) is 5.98. The van der Waals surface area contributed by atoms with Gasteiger partial charge in [0.05, 0.1) is 25.9 Å². The van der Waals surface area contributed by atoms with Gasteiger partial charge in [-0.1, -0.05) is 13.8 Å². The van der Waals surface area contributed by atoms with Gasteiger partial charge in [-0.05, 0) is 36.8 Å². The molecule has 8 heteroatoms. The molecule has 2 fully saturated rings. The van der Waals surface area contributed by atoms with E-state index in [9.17, 15) is 0 Å². The third-order valence-electron chi connectivity index (χ3n) is 5.56. The number of rotatable bonds is 7. The van der Waals surface area contributed by atoms with Crippen LogP contribution in [0.3, 0.4) is 0 Å². The number of fused-ring (bicyclic) bond motifs is 1. The summed E-state index contributed by atoms with van der Waals surface area (Å²) in [4.78, 5) is 7.32. The Hall–Kier alpha value is -1.26. The molecule has 0 bridgehead atoms. The number of ether oxygens (including phenoxy) is 3. The number of hydrogen-bond acceptors (Lipinski definition) is 5. The first-order valence-electron chi connectivity index (χ1n) is 11.4. The molecule has 4 rings (SSSR count). The molecule has 1 saturated carbocycles. The van der Waals surface area contributed by atoms with Crippen LogP contribution < -0.4 is 20.1 Å². The second kappa shape index (κ2) is 12.1. The zero-order valence-electron chi connectivity index (χ0n) is 18.8. The van der Waals surface area contributed by atoms with Gasteiger partial charge in [-0.2, -0.15) is 0 Å². The van der Waals surface area contributed by atoms with Crippen LogP contribution >= 0.6 is 24.0 Å². The Morgan fingerprint density at radius 3 is 2.74 bits per heavy atom. The smallest absolute Gasteiger partial charge is 0.195 e. The lowest BCUT2D eigenvalue weighted by Gasteiger charge is -2.34. The summed E-state index contributed by atoms with van der Waals surface area (Å²) >= 11 is 0. The van der Waals surface area contributed by atoms with Crippen LogP contribution in [0, 0.1) is 11.8 Å². The topological polar surface area (TPSA) is 67.4 Å². The van der Waals surface area contributed by atoms with Crippen molar-refractivity contribution >= 4 is 35.6 Å². The SMILES string of the molecule is CC(C)CN1CCOC(CNC(=NCC2CC2)Nc2ccc3c(c2)OCCCO3)C1.I. The average molecular weight is 544 g/mol. The van der Waals surface area contributed by atoms with E-state index in [0.717, 1.165) is 74.8 Å². The molecule has 31 heavy (non-hydrogen) atoms. The van der Waals surface area contributed by atoms with Gasteiger partial charge in [0.25, 0.3) is 0 Å². The van der Waals surface area contributed by atoms with Gasteiger partial charge in [-0.25, -0.2) is 0 Å². The molecule has 2 aliphatic heterocycles. The highest BCUT2D eigenvalue weighted by Gasteiger charge is 2.23. The van der Waals surface area contributed by atoms with E-state index in [1.54, 1.807) is 0 Å². The van der Waals surface area contributed by atoms with Gasteiger partial charge in [-0.15, -0.1) is 24.0 Å². The minimum absolute atomic E-state index is 0. The number of nitrogens with zero attached hydrogens (tertiary/aromatic N) is 2. The van der Waals surface area contributed by atoms with Crippen LogP contribution in [0.2, 0.25) is 0 Å². The monoisotopic (exact) mass is 544 g/mol. The van der Waals surface area contributed by atoms with Gasteiger partial charge < -0.3 is 24.8 Å². The Morgan fingerprint density at radius 1 is 1.16 bits per heavy atom. The molecular formula is C23H37IN4O3. The fraction of sp³-hybridized carbons (Fsp3) is 0.696. The molecule has 3 aliphatic rings. The maximum Gasteiger partial charge on any atom is 0.195 e. The Labute approximate surface area is 203 Å². The second-order valence-corrected chi connectivity index (χ2v) is 9.00. The Balaban J connectivity index is 0.00000272. The summed E-state index contributed by atoms with van der Waals surface area (Å²) in [7, 11) is 0. The van der Waals surface area contributed by atoms with Gasteiger partial charge in [0.15, 0.2) is 17.5 Å². The first-order valence-corrected chi connectivity index (χ1v) is 11.4. The van der Waals surface area contributed by atoms with E-state index in [1.165, 1.54) is 12.8 Å². The summed E-state index contributed by atoms with van der Waals surface area (Å²) in [6.07, 6.45) is 3.66. The molecule has 174 valence electrons. The summed E-state index contributed by atoms with van der Waals surface area (Å²) in [6.45, 7) is 11.4. The number of halogens is 1. The lowest BCUT2D eigenvalue weighted by Crippen LogP contribution is -2.49. The molecule has 0 spiro atoms. The fourth-order valence-corrected chi connectivity index (χ4v) is 3.83. The Bertz CT molecular complexity index is 727. The Morgan fingerprint density at radius 2 is 1.97 bits per heavy atom. The predicted octanol–water partition coefficient (Wildman–Crippen LogP) is 3.59. The summed E-state index contributed by atoms with van der Waals surface area (Å²) in [5.74, 6) is 3.82. The van der Waals surface area contributed by atoms with E-state index in [2.05, 4.69) is 29.4 Å². The van der Waals surface area contributed by atoms with Gasteiger partial charge in [0.2, 0.25) is 0 Å². The molecule has 0 amide bonds. The highest BCUT2D eigenvalue weighted by Crippen LogP contribution is 2.32. The van der Waals surface area contributed by atoms with Crippen LogP contribution in [-0.4, -0.2) is 69.5 Å². The van der Waals surface area contributed by atoms with Gasteiger partial charge in [0, 0.05) is 50.9 Å². The molecule has 1 unspecified atom stereocenters. The van der Waals surface area contributed by atoms with Crippen LogP contribution in [-0.2, 0) is 4.74 Å². The lowest BCUT2D eigenvalue weighted by atomic mass is 10.2. The number of hydrogen-bond donors (Lipinski definition) is 2. The number of nitrogens with one attached hydrogen (secondary N) is 2. The molecular weight excluding hydrogens is 507 g/mol. The number of aliphatic imine (C=N–C) groups is 1. The minimum atomic E-state index is 0. The van der Waals surface area contributed by atoms with Crippen LogP contribution in [0.4, 0.5) is 5.69 Å². The van der Waals surface area contributed by atoms with Gasteiger partial charge in [0.1, 0.15) is 0 Å². The molecule has 2 heterocycles. The lowest BCUT2D eigenvalue weighted by molar-refractivity contribution is -0.0283. The zero-order valence-corrected chi connectivity index (χ0v) is 21.1. The molecule has 0 aromatic heterocycles. The van der Waals surface area contributed by atoms with Crippen LogP contribution in [0.25, 0.3) is 0 Å². The number of anilines is 1. The van der Waals surface area contributed by atoms with Crippen molar-refractivity contribution in [2.75, 3.05) is 57.9 Å². The predicted molar refractivity (Wildman–Crippen MR) is 135 cm³/mol. The van der Waals surface area contributed by atoms with Crippen molar-refractivity contribution in [1.82, 2.24) is 10.2 Å². The van der Waals surface area contributed by atoms with Crippen molar-refractivity contribution in [1.29, 1.82) is 0 Å². The number of benzene rings is 1. The van der Waals surface area contributed by atoms with Crippen LogP contribution in [0.1, 0.15) is 33.1 Å². The van der Waals surface area contributed by atoms with E-state index >= 15 is 0 Å². The molecule has 1 atom stereocenters. The van der Waals surface area contributed by atoms with E-state index < -0.39 is 0 Å². The first-order chi connectivity index (χ1) is 14.7. The van der Waals surface area contributed by atoms with E-state index in [0.29, 0.717) is 19.1 Å². The van der Waals surface area contributed by atoms with Crippen molar-refractivity contribution in [3.63, 3.8) is 0 Å². The van der Waals surface area contributed by atoms with Gasteiger partial charge in [-0.3, -0.25) is 9.89 Å². The maximum atomic E-state index is 5.99. The normalized spacial score (nSPS) is 21.9. The van der Waals surface area contributed by atoms with Crippen molar-refractivity contribution in [2.45, 2.75) is 39.2 Å². The van der Waals surface area contributed by atoms with Crippen molar-refractivity contribution < 1.29 is 14.2 Å². The van der Waals surface area contributed by atoms with Crippen molar-refractivity contribution in [2.24, 2.45) is 16.8 Å². The summed E-state index contributed by atoms with van der Waals surface area (Å²) < 4.78 is 17.6. The largest absolute Gasteiger partial charge is 0.490 e. The minimum Gasteiger partial charge on any atom is -0.490 e. The number of guanidine groups is 1. The van der Waals surface area contributed by atoms with E-state index in [-0.39, 0.29) is 30.1 Å². The van der Waals surface area contributed by atoms with Crippen LogP contribution in [0.15, 0.2) is 23.2 Å². The third-order valence-corrected chi connectivity index (χ3v) is 5.56. The second-order valence-electron chi connectivity index (χ2n) is 9.00. The number of morpholine rings is 1. The highest BCUT2D eigenvalue weighted by atomic mass is 127. The van der Waals surface area contributed by atoms with Gasteiger partial charge >= 0.3 is 0 Å². The molecule has 1 aromatic carbocycles. The fourth-order valence-electron chi connectivity index (χ4n) is 3.83. The molecule has 7 nitrogen and oxygen atoms in total. The molecule has 1 saturated heterocycles. The van der Waals surface area contributed by atoms with E-state index in [4.69, 9.17) is 19.2 Å². The Kier molecular flexibility index (Phi) is 9.52. The molecule has 1 aromatic rings. The molecule has 1 aliphatic carbocycles. The summed E-state index contributed by atoms with van der Waals surface area (Å²) in [5, 5.41) is 6.95. The first kappa shape index (κ1) is 24.4. The quantitative estimate of drug-likeness (QED) is 0.311. The highest BCUT2D eigenvalue weighted by molar-refractivity contribution is 14.0. The third kappa shape index (κ3) is 7.98. The standard InChI is InChI=1S/C23H36N4O3.HI/c1-17(2)15-27-8-11-28-20(16-27)14-25-23(24-13-18-4-5-18)26-19-6-7-21-22(12-19)30-10-3-9-29-21;/h6-7,12,17-18,20H,3-5,8-11,13-16H2,1-2H3,(H2,24,25,26);1H. The van der Waals surface area contributed by atoms with Crippen molar-refractivity contribution in [3.8, 4) is 11.5 Å². The van der Waals surface area contributed by atoms with Crippen LogP contribution in [0.5, 0.6) is 11.5 Å². The zero-order chi connectivity index (χ0) is 20.8. The van der Waals surface area contributed by atoms with E-state index in [1.807, 2.05) is 18.2 Å². The summed E-state index contributed by atoms with van der Waals surface area (Å²) in [5.41, 5.74) is 0.951. The molecule has 0 radical (unpaired) electrons. The maximum absolute atomic E-state index is 5.99. The molecule has 2 N–H and O–H groups in total.